The van der Waals surface area contributed by atoms with Gasteiger partial charge in [0.15, 0.2) is 11.6 Å². The molecule has 0 saturated carbocycles. The number of carbonyl (C=O) groups excluding carboxylic acids is 10. The van der Waals surface area contributed by atoms with Crippen LogP contribution in [-0.2, 0) is 47.9 Å². The minimum atomic E-state index is -0.107. The van der Waals surface area contributed by atoms with Gasteiger partial charge in [0.25, 0.3) is 0 Å². The van der Waals surface area contributed by atoms with Gasteiger partial charge in [0, 0.05) is 68.7 Å². The molecule has 137 heavy (non-hydrogen) atoms. The van der Waals surface area contributed by atoms with Gasteiger partial charge in [-0.15, -0.1) is 0 Å². The summed E-state index contributed by atoms with van der Waals surface area (Å²) < 4.78 is 0. The van der Waals surface area contributed by atoms with Gasteiger partial charge >= 0.3 is 0 Å². The lowest BCUT2D eigenvalue weighted by Gasteiger charge is -2.20. The number of rotatable bonds is 35. The predicted octanol–water partition coefficient (Wildman–Crippen LogP) is 33.5. The zero-order chi connectivity index (χ0) is 107. The monoisotopic (exact) mass is 1930 g/mol. The van der Waals surface area contributed by atoms with Gasteiger partial charge in [0.1, 0.15) is 0 Å². The van der Waals surface area contributed by atoms with Gasteiger partial charge in [-0.3, -0.25) is 67.5 Å². The van der Waals surface area contributed by atoms with E-state index in [-0.39, 0.29) is 152 Å². The number of nitrogens with zero attached hydrogens (tertiary/aromatic N) is 4. The van der Waals surface area contributed by atoms with Crippen molar-refractivity contribution in [1.29, 1.82) is 0 Å². The van der Waals surface area contributed by atoms with Crippen LogP contribution in [0.25, 0.3) is 0 Å². The summed E-state index contributed by atoms with van der Waals surface area (Å²) in [5.74, 6) is 10.8. The van der Waals surface area contributed by atoms with E-state index in [2.05, 4.69) is 295 Å². The lowest BCUT2D eigenvalue weighted by atomic mass is 9.81. The first-order chi connectivity index (χ1) is 60.9. The van der Waals surface area contributed by atoms with Crippen LogP contribution in [0, 0.1) is 148 Å². The molecule has 0 radical (unpaired) electrons. The summed E-state index contributed by atoms with van der Waals surface area (Å²) >= 11 is 0. The Bertz CT molecular complexity index is 3370. The number of carbonyl (C=O) groups is 10. The lowest BCUT2D eigenvalue weighted by Crippen LogP contribution is -2.36. The standard InChI is InChI=1S/2C12H21NO2.2C12H22O.2C11H19NO2.C11H22.C10H23N.2C10H20.C8H16.3CH4/c2*1-7(2)6-9-10(8(3)4)12(15)13(5)11(9)14;2*1-8(2)7-10(5)11(6)12(13)9(3)4;2*1-7(2)5-9-6-10(13)12(8(3)4)11(9)14;1-8(2)7-10(5)11(6)9(3)4;1-8(2)6-7-10(11-5)9(3)4;2*1-8(2)6-10(5)7-9(3)4;1-6(2)8(5)7(3)4;;;/h2*7-10H,6H2,1-5H3;2*8-9H,7H2,1-6H3;2*7-9H,5-6H2,1-4H3;8-9H,7H2,1-6H3;8-11H,6-7H2,1-5H3;2*6,8-9H,7H2,1-5H3;6H,1-5H3;3*1H4. The van der Waals surface area contributed by atoms with Gasteiger partial charge in [-0.2, -0.15) is 0 Å². The molecule has 4 aliphatic rings. The predicted molar refractivity (Wildman–Crippen MR) is 602 cm³/mol. The van der Waals surface area contributed by atoms with Gasteiger partial charge in [0.05, 0.1) is 23.7 Å². The number of ketones is 2. The third-order valence-corrected chi connectivity index (χ3v) is 24.7. The molecule has 15 nitrogen and oxygen atoms in total. The first-order valence-electron chi connectivity index (χ1n) is 53.0. The second-order valence-corrected chi connectivity index (χ2v) is 47.9. The topological polar surface area (TPSA) is 196 Å². The average molecular weight is 1930 g/mol. The van der Waals surface area contributed by atoms with Crippen LogP contribution in [0.5, 0.6) is 0 Å². The molecule has 0 aromatic rings. The average Bonchev–Trinajstić information content (AvgIpc) is 1.64. The summed E-state index contributed by atoms with van der Waals surface area (Å²) in [6.45, 7) is 113. The van der Waals surface area contributed by atoms with E-state index < -0.39 is 0 Å². The van der Waals surface area contributed by atoms with E-state index in [1.54, 1.807) is 25.2 Å². The second-order valence-electron chi connectivity index (χ2n) is 47.9. The van der Waals surface area contributed by atoms with Crippen molar-refractivity contribution in [3.63, 3.8) is 0 Å². The van der Waals surface area contributed by atoms with Crippen molar-refractivity contribution in [2.24, 2.45) is 148 Å². The zero-order valence-electron chi connectivity index (χ0n) is 98.9. The molecule has 15 heteroatoms. The van der Waals surface area contributed by atoms with Crippen molar-refractivity contribution in [2.45, 2.75) is 491 Å². The summed E-state index contributed by atoms with van der Waals surface area (Å²) in [7, 11) is 5.26. The Morgan fingerprint density at radius 3 is 0.759 bits per heavy atom. The van der Waals surface area contributed by atoms with Crippen LogP contribution in [0.1, 0.15) is 473 Å². The van der Waals surface area contributed by atoms with E-state index in [0.717, 1.165) is 85.2 Å². The highest BCUT2D eigenvalue weighted by molar-refractivity contribution is 6.06. The van der Waals surface area contributed by atoms with E-state index in [4.69, 9.17) is 0 Å². The number of likely N-dealkylation sites (tertiary alicyclic amines) is 4. The molecule has 810 valence electrons. The van der Waals surface area contributed by atoms with Crippen molar-refractivity contribution in [2.75, 3.05) is 21.1 Å². The molecule has 0 spiro atoms. The van der Waals surface area contributed by atoms with Gasteiger partial charge < -0.3 is 5.32 Å². The third-order valence-electron chi connectivity index (χ3n) is 24.7. The van der Waals surface area contributed by atoms with Crippen LogP contribution in [-0.4, -0.2) is 118 Å². The third kappa shape index (κ3) is 68.2. The fourth-order valence-corrected chi connectivity index (χ4v) is 17.4. The maximum absolute atomic E-state index is 11.9. The lowest BCUT2D eigenvalue weighted by molar-refractivity contribution is -0.143. The Kier molecular flexibility index (Phi) is 87.1. The molecule has 0 aromatic carbocycles. The smallest absolute Gasteiger partial charge is 0.233 e. The van der Waals surface area contributed by atoms with Crippen molar-refractivity contribution in [3.05, 3.63) is 67.9 Å². The molecular weight excluding hydrogens is 1700 g/mol. The summed E-state index contributed by atoms with van der Waals surface area (Å²) in [5.41, 5.74) is 13.6. The molecule has 4 aliphatic heterocycles. The molecule has 0 aliphatic carbocycles. The fourth-order valence-electron chi connectivity index (χ4n) is 17.4. The van der Waals surface area contributed by atoms with Crippen LogP contribution in [0.2, 0.25) is 0 Å². The van der Waals surface area contributed by atoms with Crippen LogP contribution in [0.4, 0.5) is 0 Å². The summed E-state index contributed by atoms with van der Waals surface area (Å²) in [6, 6.07) is 0.719. The van der Waals surface area contributed by atoms with Crippen molar-refractivity contribution in [3.8, 4) is 0 Å². The number of allylic oxidation sites excluding steroid dienone is 12. The number of nitrogens with one attached hydrogen (secondary N) is 1. The largest absolute Gasteiger partial charge is 0.317 e. The van der Waals surface area contributed by atoms with Gasteiger partial charge in [-0.25, -0.2) is 0 Å². The van der Waals surface area contributed by atoms with E-state index in [1.165, 1.54) is 85.1 Å². The normalized spacial score (nSPS) is 18.1. The highest BCUT2D eigenvalue weighted by atomic mass is 16.2. The summed E-state index contributed by atoms with van der Waals surface area (Å²) in [5, 5.41) is 3.36. The maximum Gasteiger partial charge on any atom is 0.233 e. The number of Topliss-reactive ketones (excluding diaryl/α,β-unsaturated/α-hetero) is 2. The number of hydrogen-bond donors (Lipinski definition) is 1. The fraction of sp³-hybridized carbons (Fsp3) is 0.820. The molecule has 4 heterocycles. The molecule has 8 amide bonds. The Morgan fingerprint density at radius 1 is 0.321 bits per heavy atom. The highest BCUT2D eigenvalue weighted by Gasteiger charge is 2.48. The Hall–Kier alpha value is -5.70. The first-order valence-corrected chi connectivity index (χ1v) is 53.0. The minimum Gasteiger partial charge on any atom is -0.317 e. The van der Waals surface area contributed by atoms with E-state index >= 15 is 0 Å². The number of hydrogen-bond acceptors (Lipinski definition) is 11. The van der Waals surface area contributed by atoms with Gasteiger partial charge in [-0.05, 0) is 293 Å². The Balaban J connectivity index is -0.000000162. The van der Waals surface area contributed by atoms with Crippen LogP contribution < -0.4 is 5.32 Å². The number of imide groups is 4. The summed E-state index contributed by atoms with van der Waals surface area (Å²) in [6.07, 6.45) is 17.3. The highest BCUT2D eigenvalue weighted by Crippen LogP contribution is 2.38. The maximum atomic E-state index is 11.9. The molecule has 1 N–H and O–H groups in total. The molecule has 0 bridgehead atoms. The number of amides is 8. The Morgan fingerprint density at radius 2 is 0.584 bits per heavy atom. The molecule has 4 fully saturated rings. The van der Waals surface area contributed by atoms with E-state index in [0.29, 0.717) is 72.1 Å². The van der Waals surface area contributed by atoms with E-state index in [9.17, 15) is 47.9 Å². The van der Waals surface area contributed by atoms with Crippen molar-refractivity contribution >= 4 is 58.8 Å². The Labute approximate surface area is 854 Å². The molecule has 0 aromatic heterocycles. The van der Waals surface area contributed by atoms with Crippen LogP contribution in [0.15, 0.2) is 67.9 Å². The molecule has 7 unspecified atom stereocenters. The molecule has 7 atom stereocenters. The molecule has 4 rings (SSSR count). The minimum absolute atomic E-state index is 0. The summed E-state index contributed by atoms with van der Waals surface area (Å²) in [4.78, 5) is 123. The quantitative estimate of drug-likeness (QED) is 0.0360. The zero-order valence-corrected chi connectivity index (χ0v) is 98.9. The SMILES string of the molecule is C.C.C.CC(=CC(C)C)CC(C)C.CC(=CC(C)C)CC(C)C.CC(C)=C(C)C(C)C.CC(C)CC1C(=O)N(C)C(=O)C1C(C)C.CC(C)CC1C(=O)N(C)C(=O)C1C(C)C.CC(C)CC1CC(=O)N(C(C)C)C1=O.CC(C)CC1CC(=O)N(C(C)C)C1=O.CC(CC(C)C)=C(C)C(=O)C(C)C.CC(CC(C)C)=C(C)C(=O)C(C)C.CC(CC(C)C)=C(C)C(C)C.CNC(CCC(C)C)C(C)C. The van der Waals surface area contributed by atoms with Crippen LogP contribution >= 0.6 is 0 Å². The van der Waals surface area contributed by atoms with Crippen LogP contribution in [0.3, 0.4) is 0 Å². The molecular formula is C122H237N5O10. The van der Waals surface area contributed by atoms with E-state index in [1.807, 2.05) is 96.9 Å². The molecule has 4 saturated heterocycles. The van der Waals surface area contributed by atoms with Crippen molar-refractivity contribution in [1.82, 2.24) is 24.9 Å². The van der Waals surface area contributed by atoms with Crippen molar-refractivity contribution < 1.29 is 47.9 Å². The van der Waals surface area contributed by atoms with Gasteiger partial charge in [-0.1, -0.05) is 342 Å². The van der Waals surface area contributed by atoms with Gasteiger partial charge in [0.2, 0.25) is 47.3 Å². The second kappa shape index (κ2) is 78.8. The first kappa shape index (κ1) is 152.